The monoisotopic (exact) mass is 309 g/mol. The van der Waals surface area contributed by atoms with Crippen LogP contribution in [-0.4, -0.2) is 23.6 Å². The van der Waals surface area contributed by atoms with Crippen LogP contribution in [0.25, 0.3) is 0 Å². The molecule has 0 aromatic heterocycles. The molecule has 2 aliphatic carbocycles. The minimum Gasteiger partial charge on any atom is -0.311 e. The van der Waals surface area contributed by atoms with Crippen LogP contribution in [0.2, 0.25) is 5.02 Å². The molecule has 0 saturated heterocycles. The first-order valence-corrected chi connectivity index (χ1v) is 9.46. The van der Waals surface area contributed by atoms with Gasteiger partial charge in [-0.15, -0.1) is 0 Å². The summed E-state index contributed by atoms with van der Waals surface area (Å²) in [6.45, 7) is 0. The lowest BCUT2D eigenvalue weighted by Gasteiger charge is -2.41. The van der Waals surface area contributed by atoms with Gasteiger partial charge in [0.25, 0.3) is 0 Å². The Morgan fingerprint density at radius 3 is 2.65 bits per heavy atom. The zero-order chi connectivity index (χ0) is 13.9. The van der Waals surface area contributed by atoms with E-state index in [1.165, 1.54) is 44.1 Å². The van der Waals surface area contributed by atoms with E-state index in [0.29, 0.717) is 12.0 Å². The summed E-state index contributed by atoms with van der Waals surface area (Å²) in [5.74, 6) is 0.668. The zero-order valence-electron chi connectivity index (χ0n) is 12.1. The molecule has 1 aromatic carbocycles. The summed E-state index contributed by atoms with van der Waals surface area (Å²) in [6, 6.07) is 9.78. The number of hydrogen-bond acceptors (Lipinski definition) is 2. The molecule has 0 bridgehead atoms. The topological polar surface area (TPSA) is 12.0 Å². The van der Waals surface area contributed by atoms with Crippen molar-refractivity contribution in [2.75, 3.05) is 6.26 Å². The number of hydrogen-bond donors (Lipinski definition) is 1. The van der Waals surface area contributed by atoms with Gasteiger partial charge in [0.05, 0.1) is 0 Å². The molecule has 2 aliphatic rings. The van der Waals surface area contributed by atoms with Crippen molar-refractivity contribution in [3.05, 3.63) is 34.9 Å². The van der Waals surface area contributed by atoms with Crippen molar-refractivity contribution < 1.29 is 0 Å². The van der Waals surface area contributed by atoms with Crippen LogP contribution in [0.15, 0.2) is 24.3 Å². The second kappa shape index (κ2) is 6.72. The van der Waals surface area contributed by atoms with Crippen molar-refractivity contribution in [2.24, 2.45) is 0 Å². The van der Waals surface area contributed by atoms with E-state index in [4.69, 9.17) is 11.6 Å². The van der Waals surface area contributed by atoms with E-state index in [1.807, 2.05) is 23.9 Å². The van der Waals surface area contributed by atoms with Crippen molar-refractivity contribution in [1.29, 1.82) is 0 Å². The third kappa shape index (κ3) is 3.35. The van der Waals surface area contributed by atoms with Crippen LogP contribution in [0.3, 0.4) is 0 Å². The highest BCUT2D eigenvalue weighted by Crippen LogP contribution is 2.40. The third-order valence-electron chi connectivity index (χ3n) is 4.91. The minimum atomic E-state index is 0.668. The van der Waals surface area contributed by atoms with Crippen LogP contribution in [0.1, 0.15) is 50.0 Å². The van der Waals surface area contributed by atoms with E-state index < -0.39 is 0 Å². The molecular weight excluding hydrogens is 286 g/mol. The Bertz CT molecular complexity index is 444. The molecule has 0 radical (unpaired) electrons. The Hall–Kier alpha value is -0.180. The van der Waals surface area contributed by atoms with Gasteiger partial charge in [-0.3, -0.25) is 0 Å². The van der Waals surface area contributed by atoms with Gasteiger partial charge >= 0.3 is 0 Å². The van der Waals surface area contributed by atoms with Crippen molar-refractivity contribution in [3.8, 4) is 0 Å². The summed E-state index contributed by atoms with van der Waals surface area (Å²) >= 11 is 8.33. The fourth-order valence-electron chi connectivity index (χ4n) is 3.66. The smallest absolute Gasteiger partial charge is 0.0440 e. The van der Waals surface area contributed by atoms with E-state index in [9.17, 15) is 0 Å². The van der Waals surface area contributed by atoms with E-state index in [2.05, 4.69) is 23.7 Å². The second-order valence-corrected chi connectivity index (χ2v) is 7.82. The Balaban J connectivity index is 1.48. The lowest BCUT2D eigenvalue weighted by Crippen LogP contribution is -2.47. The van der Waals surface area contributed by atoms with Crippen LogP contribution in [0.5, 0.6) is 0 Å². The number of rotatable bonds is 4. The molecular formula is C17H24ClNS. The second-order valence-electron chi connectivity index (χ2n) is 6.27. The van der Waals surface area contributed by atoms with Gasteiger partial charge in [0.1, 0.15) is 0 Å². The summed E-state index contributed by atoms with van der Waals surface area (Å²) in [5.41, 5.74) is 1.35. The molecule has 1 N–H and O–H groups in total. The highest BCUT2D eigenvalue weighted by atomic mass is 35.5. The number of thioether (sulfide) groups is 1. The van der Waals surface area contributed by atoms with Gasteiger partial charge in [0.2, 0.25) is 0 Å². The van der Waals surface area contributed by atoms with Gasteiger partial charge in [-0.1, -0.05) is 36.2 Å². The molecule has 3 rings (SSSR count). The largest absolute Gasteiger partial charge is 0.311 e. The SMILES string of the molecule is CSC1CCCC(NC2CC(c3ccccc3Cl)C2)C1. The summed E-state index contributed by atoms with van der Waals surface area (Å²) in [6.07, 6.45) is 10.3. The normalized spacial score (nSPS) is 33.7. The lowest BCUT2D eigenvalue weighted by atomic mass is 9.75. The molecule has 2 atom stereocenters. The molecule has 2 saturated carbocycles. The van der Waals surface area contributed by atoms with E-state index in [-0.39, 0.29) is 0 Å². The minimum absolute atomic E-state index is 0.668. The first-order chi connectivity index (χ1) is 9.76. The van der Waals surface area contributed by atoms with Crippen molar-refractivity contribution in [2.45, 2.75) is 61.8 Å². The highest BCUT2D eigenvalue weighted by Gasteiger charge is 2.33. The van der Waals surface area contributed by atoms with Crippen LogP contribution in [0, 0.1) is 0 Å². The van der Waals surface area contributed by atoms with Crippen molar-refractivity contribution in [1.82, 2.24) is 5.32 Å². The van der Waals surface area contributed by atoms with E-state index in [0.717, 1.165) is 16.3 Å². The molecule has 3 heteroatoms. The van der Waals surface area contributed by atoms with Crippen LogP contribution in [0.4, 0.5) is 0 Å². The predicted molar refractivity (Wildman–Crippen MR) is 89.9 cm³/mol. The fourth-order valence-corrected chi connectivity index (χ4v) is 4.77. The molecule has 20 heavy (non-hydrogen) atoms. The van der Waals surface area contributed by atoms with Crippen LogP contribution < -0.4 is 5.32 Å². The summed E-state index contributed by atoms with van der Waals surface area (Å²) < 4.78 is 0. The quantitative estimate of drug-likeness (QED) is 0.853. The molecule has 0 aliphatic heterocycles. The Morgan fingerprint density at radius 1 is 1.10 bits per heavy atom. The molecule has 1 nitrogen and oxygen atoms in total. The third-order valence-corrected chi connectivity index (χ3v) is 6.35. The zero-order valence-corrected chi connectivity index (χ0v) is 13.7. The molecule has 110 valence electrons. The maximum absolute atomic E-state index is 6.29. The van der Waals surface area contributed by atoms with Crippen molar-refractivity contribution >= 4 is 23.4 Å². The Labute approximate surface area is 131 Å². The average molecular weight is 310 g/mol. The summed E-state index contributed by atoms with van der Waals surface area (Å²) in [7, 11) is 0. The van der Waals surface area contributed by atoms with E-state index in [1.54, 1.807) is 0 Å². The molecule has 1 aromatic rings. The standard InChI is InChI=1S/C17H24ClNS/c1-20-15-6-4-5-13(11-15)19-14-9-12(10-14)16-7-2-3-8-17(16)18/h2-3,7-8,12-15,19H,4-6,9-11H2,1H3. The van der Waals surface area contributed by atoms with Gasteiger partial charge < -0.3 is 5.32 Å². The van der Waals surface area contributed by atoms with Gasteiger partial charge in [-0.2, -0.15) is 11.8 Å². The number of benzene rings is 1. The van der Waals surface area contributed by atoms with Crippen LogP contribution >= 0.6 is 23.4 Å². The average Bonchev–Trinajstić information content (AvgIpc) is 2.44. The number of nitrogens with one attached hydrogen (secondary N) is 1. The Kier molecular flexibility index (Phi) is 4.95. The Morgan fingerprint density at radius 2 is 1.90 bits per heavy atom. The predicted octanol–water partition coefficient (Wildman–Crippen LogP) is 4.85. The van der Waals surface area contributed by atoms with Crippen LogP contribution in [-0.2, 0) is 0 Å². The maximum atomic E-state index is 6.29. The van der Waals surface area contributed by atoms with Gasteiger partial charge in [-0.05, 0) is 55.9 Å². The fraction of sp³-hybridized carbons (Fsp3) is 0.647. The first kappa shape index (κ1) is 14.7. The van der Waals surface area contributed by atoms with E-state index >= 15 is 0 Å². The molecule has 0 spiro atoms. The molecule has 0 amide bonds. The van der Waals surface area contributed by atoms with Gasteiger partial charge in [-0.25, -0.2) is 0 Å². The number of halogens is 1. The van der Waals surface area contributed by atoms with Gasteiger partial charge in [0.15, 0.2) is 0 Å². The lowest BCUT2D eigenvalue weighted by molar-refractivity contribution is 0.240. The highest BCUT2D eigenvalue weighted by molar-refractivity contribution is 7.99. The first-order valence-electron chi connectivity index (χ1n) is 7.79. The molecule has 0 heterocycles. The summed E-state index contributed by atoms with van der Waals surface area (Å²) in [5, 5.41) is 5.70. The van der Waals surface area contributed by atoms with Gasteiger partial charge in [0, 0.05) is 22.4 Å². The molecule has 2 unspecified atom stereocenters. The molecule has 2 fully saturated rings. The summed E-state index contributed by atoms with van der Waals surface area (Å²) in [4.78, 5) is 0. The maximum Gasteiger partial charge on any atom is 0.0440 e. The van der Waals surface area contributed by atoms with Crippen molar-refractivity contribution in [3.63, 3.8) is 0 Å².